The number of hydrogen-bond donors (Lipinski definition) is 1. The molecule has 2 rings (SSSR count). The van der Waals surface area contributed by atoms with Gasteiger partial charge in [0.1, 0.15) is 5.75 Å². The van der Waals surface area contributed by atoms with Gasteiger partial charge in [0.25, 0.3) is 0 Å². The first-order valence-electron chi connectivity index (χ1n) is 6.72. The second-order valence-corrected chi connectivity index (χ2v) is 5.28. The Morgan fingerprint density at radius 3 is 2.83 bits per heavy atom. The Hall–Kier alpha value is -1.06. The van der Waals surface area contributed by atoms with Crippen LogP contribution in [0.3, 0.4) is 0 Å². The molecule has 1 saturated carbocycles. The standard InChI is InChI=1S/C15H24N2O/c1-16-15(11-17(2)10-12-7-8-12)13-5-4-6-14(9-13)18-3/h4-6,9,12,15-16H,7-8,10-11H2,1-3H3. The Morgan fingerprint density at radius 2 is 2.22 bits per heavy atom. The maximum Gasteiger partial charge on any atom is 0.119 e. The van der Waals surface area contributed by atoms with Crippen molar-refractivity contribution in [3.05, 3.63) is 29.8 Å². The minimum absolute atomic E-state index is 0.365. The number of nitrogens with zero attached hydrogens (tertiary/aromatic N) is 1. The SMILES string of the molecule is CNC(CN(C)CC1CC1)c1cccc(OC)c1. The van der Waals surface area contributed by atoms with Crippen molar-refractivity contribution in [2.75, 3.05) is 34.3 Å². The minimum Gasteiger partial charge on any atom is -0.497 e. The molecule has 1 aromatic rings. The van der Waals surface area contributed by atoms with Crippen LogP contribution in [-0.2, 0) is 0 Å². The van der Waals surface area contributed by atoms with Crippen LogP contribution in [0.25, 0.3) is 0 Å². The van der Waals surface area contributed by atoms with Crippen LogP contribution in [0.5, 0.6) is 5.75 Å². The van der Waals surface area contributed by atoms with E-state index in [0.717, 1.165) is 18.2 Å². The van der Waals surface area contributed by atoms with Gasteiger partial charge in [-0.1, -0.05) is 12.1 Å². The second kappa shape index (κ2) is 6.21. The Bertz CT molecular complexity index is 377. The average Bonchev–Trinajstić information content (AvgIpc) is 3.20. The summed E-state index contributed by atoms with van der Waals surface area (Å²) in [6.45, 7) is 2.27. The zero-order valence-corrected chi connectivity index (χ0v) is 11.6. The van der Waals surface area contributed by atoms with Crippen LogP contribution < -0.4 is 10.1 Å². The predicted octanol–water partition coefficient (Wildman–Crippen LogP) is 2.30. The van der Waals surface area contributed by atoms with Gasteiger partial charge < -0.3 is 15.0 Å². The summed E-state index contributed by atoms with van der Waals surface area (Å²) in [5.41, 5.74) is 1.29. The second-order valence-electron chi connectivity index (χ2n) is 5.28. The summed E-state index contributed by atoms with van der Waals surface area (Å²) in [5.74, 6) is 1.87. The lowest BCUT2D eigenvalue weighted by atomic mass is 10.1. The molecule has 0 aliphatic heterocycles. The van der Waals surface area contributed by atoms with Crippen molar-refractivity contribution in [2.45, 2.75) is 18.9 Å². The number of ether oxygens (including phenoxy) is 1. The van der Waals surface area contributed by atoms with Gasteiger partial charge in [-0.15, -0.1) is 0 Å². The van der Waals surface area contributed by atoms with Gasteiger partial charge in [0, 0.05) is 19.1 Å². The van der Waals surface area contributed by atoms with E-state index in [9.17, 15) is 0 Å². The van der Waals surface area contributed by atoms with E-state index in [0.29, 0.717) is 6.04 Å². The number of methoxy groups -OCH3 is 1. The maximum absolute atomic E-state index is 5.29. The number of benzene rings is 1. The van der Waals surface area contributed by atoms with Gasteiger partial charge >= 0.3 is 0 Å². The normalized spacial score (nSPS) is 16.9. The molecule has 3 heteroatoms. The molecule has 18 heavy (non-hydrogen) atoms. The first-order chi connectivity index (χ1) is 8.72. The molecular formula is C15H24N2O. The van der Waals surface area contributed by atoms with Crippen molar-refractivity contribution in [3.8, 4) is 5.75 Å². The molecule has 0 aromatic heterocycles. The number of likely N-dealkylation sites (N-methyl/N-ethyl adjacent to an activating group) is 2. The molecule has 1 aromatic carbocycles. The molecule has 3 nitrogen and oxygen atoms in total. The van der Waals surface area contributed by atoms with Crippen molar-refractivity contribution in [3.63, 3.8) is 0 Å². The lowest BCUT2D eigenvalue weighted by molar-refractivity contribution is 0.286. The van der Waals surface area contributed by atoms with Crippen molar-refractivity contribution in [1.29, 1.82) is 0 Å². The molecule has 1 aliphatic carbocycles. The largest absolute Gasteiger partial charge is 0.497 e. The van der Waals surface area contributed by atoms with Crippen LogP contribution in [0.1, 0.15) is 24.4 Å². The molecule has 0 spiro atoms. The average molecular weight is 248 g/mol. The number of hydrogen-bond acceptors (Lipinski definition) is 3. The molecule has 0 radical (unpaired) electrons. The van der Waals surface area contributed by atoms with E-state index in [1.54, 1.807) is 7.11 Å². The van der Waals surface area contributed by atoms with Gasteiger partial charge in [-0.05, 0) is 50.6 Å². The van der Waals surface area contributed by atoms with Crippen LogP contribution in [0.2, 0.25) is 0 Å². The van der Waals surface area contributed by atoms with Crippen LogP contribution in [0, 0.1) is 5.92 Å². The zero-order chi connectivity index (χ0) is 13.0. The summed E-state index contributed by atoms with van der Waals surface area (Å²) in [6, 6.07) is 8.69. The van der Waals surface area contributed by atoms with Gasteiger partial charge in [-0.2, -0.15) is 0 Å². The Kier molecular flexibility index (Phi) is 4.61. The fourth-order valence-electron chi connectivity index (χ4n) is 2.35. The van der Waals surface area contributed by atoms with Crippen LogP contribution in [0.15, 0.2) is 24.3 Å². The molecule has 0 bridgehead atoms. The smallest absolute Gasteiger partial charge is 0.119 e. The molecule has 0 amide bonds. The molecule has 0 saturated heterocycles. The molecule has 1 fully saturated rings. The molecule has 0 heterocycles. The van der Waals surface area contributed by atoms with Crippen LogP contribution in [-0.4, -0.2) is 39.2 Å². The van der Waals surface area contributed by atoms with Gasteiger partial charge in [-0.3, -0.25) is 0 Å². The summed E-state index contributed by atoms with van der Waals surface area (Å²) in [7, 11) is 5.95. The maximum atomic E-state index is 5.29. The Morgan fingerprint density at radius 1 is 1.44 bits per heavy atom. The van der Waals surface area contributed by atoms with E-state index >= 15 is 0 Å². The highest BCUT2D eigenvalue weighted by Gasteiger charge is 2.24. The quantitative estimate of drug-likeness (QED) is 0.801. The lowest BCUT2D eigenvalue weighted by Gasteiger charge is -2.24. The van der Waals surface area contributed by atoms with E-state index in [1.165, 1.54) is 24.9 Å². The van der Waals surface area contributed by atoms with E-state index in [2.05, 4.69) is 35.5 Å². The summed E-state index contributed by atoms with van der Waals surface area (Å²) in [4.78, 5) is 2.43. The lowest BCUT2D eigenvalue weighted by Crippen LogP contribution is -2.32. The summed E-state index contributed by atoms with van der Waals surface area (Å²) in [6.07, 6.45) is 2.82. The Labute approximate surface area is 110 Å². The van der Waals surface area contributed by atoms with Crippen molar-refractivity contribution in [2.24, 2.45) is 5.92 Å². The third kappa shape index (κ3) is 3.72. The van der Waals surface area contributed by atoms with Gasteiger partial charge in [0.2, 0.25) is 0 Å². The first-order valence-corrected chi connectivity index (χ1v) is 6.72. The third-order valence-electron chi connectivity index (χ3n) is 3.61. The van der Waals surface area contributed by atoms with Gasteiger partial charge in [0.15, 0.2) is 0 Å². The fourth-order valence-corrected chi connectivity index (χ4v) is 2.35. The van der Waals surface area contributed by atoms with Crippen LogP contribution >= 0.6 is 0 Å². The highest BCUT2D eigenvalue weighted by atomic mass is 16.5. The zero-order valence-electron chi connectivity index (χ0n) is 11.6. The molecule has 1 N–H and O–H groups in total. The minimum atomic E-state index is 0.365. The topological polar surface area (TPSA) is 24.5 Å². The van der Waals surface area contributed by atoms with Gasteiger partial charge in [-0.25, -0.2) is 0 Å². The molecule has 1 atom stereocenters. The van der Waals surface area contributed by atoms with Crippen LogP contribution in [0.4, 0.5) is 0 Å². The van der Waals surface area contributed by atoms with Gasteiger partial charge in [0.05, 0.1) is 7.11 Å². The number of nitrogens with one attached hydrogen (secondary N) is 1. The first kappa shape index (κ1) is 13.4. The van der Waals surface area contributed by atoms with E-state index in [4.69, 9.17) is 4.74 Å². The highest BCUT2D eigenvalue weighted by Crippen LogP contribution is 2.30. The van der Waals surface area contributed by atoms with E-state index < -0.39 is 0 Å². The van der Waals surface area contributed by atoms with E-state index in [1.807, 2.05) is 13.1 Å². The molecule has 1 aliphatic rings. The van der Waals surface area contributed by atoms with Crippen molar-refractivity contribution in [1.82, 2.24) is 10.2 Å². The van der Waals surface area contributed by atoms with E-state index in [-0.39, 0.29) is 0 Å². The predicted molar refractivity (Wildman–Crippen MR) is 75.0 cm³/mol. The number of rotatable bonds is 7. The van der Waals surface area contributed by atoms with Crippen molar-refractivity contribution >= 4 is 0 Å². The monoisotopic (exact) mass is 248 g/mol. The third-order valence-corrected chi connectivity index (χ3v) is 3.61. The molecule has 1 unspecified atom stereocenters. The highest BCUT2D eigenvalue weighted by molar-refractivity contribution is 5.30. The summed E-state index contributed by atoms with van der Waals surface area (Å²) < 4.78 is 5.29. The summed E-state index contributed by atoms with van der Waals surface area (Å²) >= 11 is 0. The van der Waals surface area contributed by atoms with Crippen molar-refractivity contribution < 1.29 is 4.74 Å². The Balaban J connectivity index is 1.97. The molecular weight excluding hydrogens is 224 g/mol. The summed E-state index contributed by atoms with van der Waals surface area (Å²) in [5, 5.41) is 3.40. The molecule has 100 valence electrons. The fraction of sp³-hybridized carbons (Fsp3) is 0.600.